The Labute approximate surface area is 132 Å². The molecule has 1 N–H and O–H groups in total. The average Bonchev–Trinajstić information content (AvgIpc) is 2.78. The Morgan fingerprint density at radius 2 is 2.10 bits per heavy atom. The fraction of sp³-hybridized carbons (Fsp3) is 0.333. The Hall–Kier alpha value is -1.66. The van der Waals surface area contributed by atoms with Crippen molar-refractivity contribution in [2.75, 3.05) is 7.11 Å². The summed E-state index contributed by atoms with van der Waals surface area (Å²) in [7, 11) is 3.29. The van der Waals surface area contributed by atoms with E-state index in [-0.39, 0.29) is 5.97 Å². The summed E-state index contributed by atoms with van der Waals surface area (Å²) in [6, 6.07) is 5.46. The van der Waals surface area contributed by atoms with E-state index >= 15 is 0 Å². The molecule has 0 aliphatic carbocycles. The molecule has 0 atom stereocenters. The second-order valence-electron chi connectivity index (χ2n) is 4.81. The van der Waals surface area contributed by atoms with E-state index in [1.165, 1.54) is 12.7 Å². The molecule has 0 aliphatic heterocycles. The first-order valence-electron chi connectivity index (χ1n) is 6.58. The highest BCUT2D eigenvalue weighted by Gasteiger charge is 2.08. The van der Waals surface area contributed by atoms with Crippen molar-refractivity contribution in [1.29, 1.82) is 0 Å². The zero-order valence-electron chi connectivity index (χ0n) is 12.3. The number of halogens is 1. The summed E-state index contributed by atoms with van der Waals surface area (Å²) in [5.74, 6) is -0.332. The minimum Gasteiger partial charge on any atom is -0.465 e. The molecular formula is C15H18BrN3O2. The lowest BCUT2D eigenvalue weighted by Gasteiger charge is -2.08. The molecule has 0 saturated carbocycles. The molecule has 2 aromatic rings. The molecule has 112 valence electrons. The van der Waals surface area contributed by atoms with E-state index in [1.807, 2.05) is 30.9 Å². The summed E-state index contributed by atoms with van der Waals surface area (Å²) in [5.41, 5.74) is 3.84. The van der Waals surface area contributed by atoms with E-state index in [2.05, 4.69) is 26.3 Å². The van der Waals surface area contributed by atoms with Crippen LogP contribution in [-0.4, -0.2) is 22.9 Å². The van der Waals surface area contributed by atoms with Crippen LogP contribution in [0.2, 0.25) is 0 Å². The van der Waals surface area contributed by atoms with Gasteiger partial charge in [0.15, 0.2) is 0 Å². The smallest absolute Gasteiger partial charge is 0.337 e. The number of esters is 1. The van der Waals surface area contributed by atoms with Crippen molar-refractivity contribution in [1.82, 2.24) is 15.1 Å². The maximum absolute atomic E-state index is 11.4. The van der Waals surface area contributed by atoms with Crippen molar-refractivity contribution in [2.45, 2.75) is 20.0 Å². The normalized spacial score (nSPS) is 10.7. The summed E-state index contributed by atoms with van der Waals surface area (Å²) >= 11 is 3.49. The first-order valence-corrected chi connectivity index (χ1v) is 7.37. The number of rotatable bonds is 5. The van der Waals surface area contributed by atoms with Crippen LogP contribution in [0, 0.1) is 6.92 Å². The molecule has 0 bridgehead atoms. The highest BCUT2D eigenvalue weighted by atomic mass is 79.9. The highest BCUT2D eigenvalue weighted by molar-refractivity contribution is 9.10. The maximum Gasteiger partial charge on any atom is 0.337 e. The van der Waals surface area contributed by atoms with Gasteiger partial charge in [0.2, 0.25) is 0 Å². The van der Waals surface area contributed by atoms with Crippen molar-refractivity contribution in [2.24, 2.45) is 7.05 Å². The number of aryl methyl sites for hydroxylation is 2. The molecule has 0 spiro atoms. The number of methoxy groups -OCH3 is 1. The lowest BCUT2D eigenvalue weighted by molar-refractivity contribution is 0.0600. The molecule has 1 heterocycles. The number of aromatic nitrogens is 2. The number of hydrogen-bond donors (Lipinski definition) is 1. The minimum absolute atomic E-state index is 0.332. The van der Waals surface area contributed by atoms with Crippen LogP contribution in [0.3, 0.4) is 0 Å². The molecule has 21 heavy (non-hydrogen) atoms. The van der Waals surface area contributed by atoms with Gasteiger partial charge >= 0.3 is 5.97 Å². The number of carbonyl (C=O) groups excluding carboxylic acids is 1. The van der Waals surface area contributed by atoms with Crippen LogP contribution in [0.15, 0.2) is 28.9 Å². The van der Waals surface area contributed by atoms with Gasteiger partial charge in [0.25, 0.3) is 0 Å². The second-order valence-corrected chi connectivity index (χ2v) is 5.67. The fourth-order valence-corrected chi connectivity index (χ4v) is 2.61. The average molecular weight is 352 g/mol. The summed E-state index contributed by atoms with van der Waals surface area (Å²) in [4.78, 5) is 11.4. The van der Waals surface area contributed by atoms with Crippen LogP contribution in [0.5, 0.6) is 0 Å². The molecule has 0 radical (unpaired) electrons. The molecule has 0 saturated heterocycles. The van der Waals surface area contributed by atoms with E-state index in [1.54, 1.807) is 12.1 Å². The van der Waals surface area contributed by atoms with Gasteiger partial charge in [-0.2, -0.15) is 5.10 Å². The first-order chi connectivity index (χ1) is 10.0. The number of hydrogen-bond acceptors (Lipinski definition) is 4. The van der Waals surface area contributed by atoms with Crippen LogP contribution in [0.4, 0.5) is 0 Å². The lowest BCUT2D eigenvalue weighted by Crippen LogP contribution is -2.13. The van der Waals surface area contributed by atoms with Crippen molar-refractivity contribution >= 4 is 21.9 Å². The monoisotopic (exact) mass is 351 g/mol. The predicted molar refractivity (Wildman–Crippen MR) is 84.0 cm³/mol. The molecule has 5 nitrogen and oxygen atoms in total. The van der Waals surface area contributed by atoms with Gasteiger partial charge in [-0.3, -0.25) is 4.68 Å². The van der Waals surface area contributed by atoms with E-state index in [9.17, 15) is 4.79 Å². The Balaban J connectivity index is 1.97. The van der Waals surface area contributed by atoms with Gasteiger partial charge in [-0.25, -0.2) is 4.79 Å². The van der Waals surface area contributed by atoms with Crippen molar-refractivity contribution in [3.05, 3.63) is 51.3 Å². The number of ether oxygens (including phenoxy) is 1. The molecule has 6 heteroatoms. The molecule has 2 rings (SSSR count). The third-order valence-corrected chi connectivity index (χ3v) is 3.96. The molecule has 0 aliphatic rings. The zero-order chi connectivity index (χ0) is 15.4. The number of nitrogens with zero attached hydrogens (tertiary/aromatic N) is 2. The summed E-state index contributed by atoms with van der Waals surface area (Å²) in [6.45, 7) is 3.46. The molecular weight excluding hydrogens is 334 g/mol. The quantitative estimate of drug-likeness (QED) is 0.841. The third-order valence-electron chi connectivity index (χ3n) is 3.22. The Morgan fingerprint density at radius 1 is 1.38 bits per heavy atom. The number of nitrogens with one attached hydrogen (secondary N) is 1. The van der Waals surface area contributed by atoms with Gasteiger partial charge in [0.05, 0.1) is 18.4 Å². The van der Waals surface area contributed by atoms with Crippen LogP contribution < -0.4 is 5.32 Å². The Bertz CT molecular complexity index is 652. The first kappa shape index (κ1) is 15.7. The minimum atomic E-state index is -0.332. The number of benzene rings is 1. The SMILES string of the molecule is COC(=O)c1ccc(CNCc2cn(C)nc2C)c(Br)c1. The molecule has 1 aromatic carbocycles. The molecule has 0 unspecified atom stereocenters. The van der Waals surface area contributed by atoms with Crippen molar-refractivity contribution in [3.63, 3.8) is 0 Å². The van der Waals surface area contributed by atoms with Crippen molar-refractivity contribution in [3.8, 4) is 0 Å². The Kier molecular flexibility index (Phi) is 5.14. The highest BCUT2D eigenvalue weighted by Crippen LogP contribution is 2.19. The standard InChI is InChI=1S/C15H18BrN3O2/c1-10-13(9-19(2)18-10)8-17-7-12-5-4-11(6-14(12)16)15(20)21-3/h4-6,9,17H,7-8H2,1-3H3. The van der Waals surface area contributed by atoms with Crippen LogP contribution >= 0.6 is 15.9 Å². The summed E-state index contributed by atoms with van der Waals surface area (Å²) in [5, 5.41) is 7.69. The lowest BCUT2D eigenvalue weighted by atomic mass is 10.1. The van der Waals surface area contributed by atoms with Gasteiger partial charge in [0, 0.05) is 36.4 Å². The van der Waals surface area contributed by atoms with Crippen LogP contribution in [-0.2, 0) is 24.9 Å². The van der Waals surface area contributed by atoms with Gasteiger partial charge in [-0.15, -0.1) is 0 Å². The van der Waals surface area contributed by atoms with Gasteiger partial charge < -0.3 is 10.1 Å². The fourth-order valence-electron chi connectivity index (χ4n) is 2.09. The van der Waals surface area contributed by atoms with Crippen LogP contribution in [0.25, 0.3) is 0 Å². The van der Waals surface area contributed by atoms with E-state index in [4.69, 9.17) is 4.74 Å². The van der Waals surface area contributed by atoms with E-state index in [0.29, 0.717) is 12.1 Å². The van der Waals surface area contributed by atoms with Crippen molar-refractivity contribution < 1.29 is 9.53 Å². The van der Waals surface area contributed by atoms with Gasteiger partial charge in [-0.1, -0.05) is 22.0 Å². The second kappa shape index (κ2) is 6.87. The topological polar surface area (TPSA) is 56.1 Å². The van der Waals surface area contributed by atoms with Gasteiger partial charge in [-0.05, 0) is 24.6 Å². The molecule has 0 fully saturated rings. The van der Waals surface area contributed by atoms with E-state index in [0.717, 1.165) is 22.3 Å². The third kappa shape index (κ3) is 3.92. The Morgan fingerprint density at radius 3 is 2.67 bits per heavy atom. The number of carbonyl (C=O) groups is 1. The molecule has 0 amide bonds. The van der Waals surface area contributed by atoms with Gasteiger partial charge in [0.1, 0.15) is 0 Å². The van der Waals surface area contributed by atoms with Crippen LogP contribution in [0.1, 0.15) is 27.2 Å². The summed E-state index contributed by atoms with van der Waals surface area (Å²) < 4.78 is 7.40. The molecule has 1 aromatic heterocycles. The predicted octanol–water partition coefficient (Wildman–Crippen LogP) is 2.57. The van der Waals surface area contributed by atoms with E-state index < -0.39 is 0 Å². The zero-order valence-corrected chi connectivity index (χ0v) is 13.9. The maximum atomic E-state index is 11.4. The largest absolute Gasteiger partial charge is 0.465 e. The summed E-state index contributed by atoms with van der Waals surface area (Å²) in [6.07, 6.45) is 2.01.